The standard InChI is InChI=1S/C72H141NO5/c1-3-5-7-9-11-13-15-17-19-21-29-34-38-42-46-50-54-58-62-66-72(77)78-67-63-59-55-51-47-43-39-35-31-28-26-24-23-25-27-30-33-37-41-45-49-53-57-61-65-71(76)73-69(68-74)70(75)64-60-56-52-48-44-40-36-32-22-20-18-16-14-12-10-8-6-4-2/h25,27,69-70,74-75H,3-24,26,28-68H2,1-2H3,(H,73,76)/b27-25-. The molecule has 0 aliphatic carbocycles. The molecule has 0 aromatic rings. The number of ether oxygens (including phenoxy) is 1. The van der Waals surface area contributed by atoms with E-state index in [1.54, 1.807) is 0 Å². The molecular weight excluding hydrogens is 959 g/mol. The smallest absolute Gasteiger partial charge is 0.305 e. The van der Waals surface area contributed by atoms with Gasteiger partial charge < -0.3 is 20.3 Å². The van der Waals surface area contributed by atoms with Gasteiger partial charge in [-0.3, -0.25) is 9.59 Å². The summed E-state index contributed by atoms with van der Waals surface area (Å²) in [5.74, 6) is -0.0167. The van der Waals surface area contributed by atoms with Crippen LogP contribution in [0, 0.1) is 0 Å². The van der Waals surface area contributed by atoms with Gasteiger partial charge in [0.2, 0.25) is 5.91 Å². The Morgan fingerprint density at radius 3 is 0.910 bits per heavy atom. The number of nitrogens with one attached hydrogen (secondary N) is 1. The van der Waals surface area contributed by atoms with Crippen LogP contribution in [0.25, 0.3) is 0 Å². The molecule has 0 saturated carbocycles. The molecule has 464 valence electrons. The first-order valence-corrected chi connectivity index (χ1v) is 35.9. The molecule has 0 fully saturated rings. The van der Waals surface area contributed by atoms with E-state index in [4.69, 9.17) is 4.74 Å². The van der Waals surface area contributed by atoms with Gasteiger partial charge in [-0.15, -0.1) is 0 Å². The van der Waals surface area contributed by atoms with Crippen LogP contribution >= 0.6 is 0 Å². The molecule has 0 spiro atoms. The number of amides is 1. The Kier molecular flexibility index (Phi) is 66.9. The molecule has 0 saturated heterocycles. The SMILES string of the molecule is CCCCCCCCCCCCCCCCCCCCCC(=O)OCCCCCCCCCCCCCC/C=C\CCCCCCCCCCC(=O)NC(CO)C(O)CCCCCCCCCCCCCCCCCCCC. The average Bonchev–Trinajstić information content (AvgIpc) is 3.44. The third kappa shape index (κ3) is 63.8. The quantitative estimate of drug-likeness (QED) is 0.0320. The van der Waals surface area contributed by atoms with Gasteiger partial charge >= 0.3 is 5.97 Å². The summed E-state index contributed by atoms with van der Waals surface area (Å²) in [6.45, 7) is 5.00. The molecule has 0 bridgehead atoms. The molecule has 2 unspecified atom stereocenters. The highest BCUT2D eigenvalue weighted by Gasteiger charge is 2.20. The third-order valence-electron chi connectivity index (χ3n) is 17.1. The molecule has 6 heteroatoms. The van der Waals surface area contributed by atoms with Gasteiger partial charge in [-0.1, -0.05) is 360 Å². The minimum absolute atomic E-state index is 0.0185. The molecule has 6 nitrogen and oxygen atoms in total. The van der Waals surface area contributed by atoms with Crippen molar-refractivity contribution in [1.82, 2.24) is 5.32 Å². The van der Waals surface area contributed by atoms with Gasteiger partial charge in [0.05, 0.1) is 25.4 Å². The molecule has 78 heavy (non-hydrogen) atoms. The van der Waals surface area contributed by atoms with Crippen LogP contribution < -0.4 is 5.32 Å². The lowest BCUT2D eigenvalue weighted by Crippen LogP contribution is -2.45. The highest BCUT2D eigenvalue weighted by molar-refractivity contribution is 5.76. The molecule has 2 atom stereocenters. The lowest BCUT2D eigenvalue weighted by molar-refractivity contribution is -0.143. The molecule has 0 rings (SSSR count). The Labute approximate surface area is 489 Å². The summed E-state index contributed by atoms with van der Waals surface area (Å²) in [7, 11) is 0. The van der Waals surface area contributed by atoms with Gasteiger partial charge in [-0.2, -0.15) is 0 Å². The Hall–Kier alpha value is -1.40. The second kappa shape index (κ2) is 68.1. The minimum Gasteiger partial charge on any atom is -0.466 e. The lowest BCUT2D eigenvalue weighted by atomic mass is 10.0. The molecule has 0 radical (unpaired) electrons. The number of aliphatic hydroxyl groups excluding tert-OH is 2. The average molecular weight is 1100 g/mol. The summed E-state index contributed by atoms with van der Waals surface area (Å²) in [6.07, 6.45) is 84.0. The topological polar surface area (TPSA) is 95.9 Å². The number of unbranched alkanes of at least 4 members (excludes halogenated alkanes) is 55. The van der Waals surface area contributed by atoms with Crippen LogP contribution in [-0.4, -0.2) is 47.4 Å². The van der Waals surface area contributed by atoms with Gasteiger partial charge in [0.15, 0.2) is 0 Å². The van der Waals surface area contributed by atoms with E-state index in [2.05, 4.69) is 31.3 Å². The van der Waals surface area contributed by atoms with E-state index in [1.807, 2.05) is 0 Å². The first-order valence-electron chi connectivity index (χ1n) is 35.9. The molecule has 0 aliphatic heterocycles. The number of carbonyl (C=O) groups excluding carboxylic acids is 2. The predicted octanol–water partition coefficient (Wildman–Crippen LogP) is 23.1. The van der Waals surface area contributed by atoms with Crippen LogP contribution in [0.4, 0.5) is 0 Å². The van der Waals surface area contributed by atoms with E-state index in [9.17, 15) is 19.8 Å². The second-order valence-corrected chi connectivity index (χ2v) is 24.9. The van der Waals surface area contributed by atoms with Crippen LogP contribution in [0.2, 0.25) is 0 Å². The van der Waals surface area contributed by atoms with Crippen molar-refractivity contribution in [2.75, 3.05) is 13.2 Å². The second-order valence-electron chi connectivity index (χ2n) is 24.9. The molecular formula is C72H141NO5. The van der Waals surface area contributed by atoms with Crippen LogP contribution in [0.5, 0.6) is 0 Å². The van der Waals surface area contributed by atoms with Crippen molar-refractivity contribution >= 4 is 11.9 Å². The molecule has 0 aliphatic rings. The maximum Gasteiger partial charge on any atom is 0.305 e. The van der Waals surface area contributed by atoms with Crippen LogP contribution in [0.1, 0.15) is 412 Å². The van der Waals surface area contributed by atoms with Crippen LogP contribution in [-0.2, 0) is 14.3 Å². The predicted molar refractivity (Wildman–Crippen MR) is 343 cm³/mol. The Bertz CT molecular complexity index is 1180. The zero-order valence-corrected chi connectivity index (χ0v) is 53.2. The minimum atomic E-state index is -0.667. The number of esters is 1. The van der Waals surface area contributed by atoms with E-state index in [0.717, 1.165) is 38.5 Å². The van der Waals surface area contributed by atoms with Gasteiger partial charge in [-0.05, 0) is 51.4 Å². The summed E-state index contributed by atoms with van der Waals surface area (Å²) in [5.41, 5.74) is 0. The van der Waals surface area contributed by atoms with Crippen molar-refractivity contribution in [3.63, 3.8) is 0 Å². The molecule has 3 N–H and O–H groups in total. The number of hydrogen-bond acceptors (Lipinski definition) is 5. The fourth-order valence-electron chi connectivity index (χ4n) is 11.6. The summed E-state index contributed by atoms with van der Waals surface area (Å²) in [6, 6.07) is -0.545. The Balaban J connectivity index is 3.37. The van der Waals surface area contributed by atoms with Crippen molar-refractivity contribution < 1.29 is 24.5 Å². The van der Waals surface area contributed by atoms with Crippen molar-refractivity contribution in [3.8, 4) is 0 Å². The molecule has 0 heterocycles. The van der Waals surface area contributed by atoms with Crippen molar-refractivity contribution in [2.24, 2.45) is 0 Å². The van der Waals surface area contributed by atoms with Crippen molar-refractivity contribution in [3.05, 3.63) is 12.2 Å². The summed E-state index contributed by atoms with van der Waals surface area (Å²) in [4.78, 5) is 24.6. The molecule has 1 amide bonds. The Morgan fingerprint density at radius 1 is 0.346 bits per heavy atom. The van der Waals surface area contributed by atoms with Gasteiger partial charge in [-0.25, -0.2) is 0 Å². The van der Waals surface area contributed by atoms with Crippen molar-refractivity contribution in [1.29, 1.82) is 0 Å². The number of rotatable bonds is 68. The molecule has 0 aromatic carbocycles. The third-order valence-corrected chi connectivity index (χ3v) is 17.1. The number of allylic oxidation sites excluding steroid dienone is 2. The van der Waals surface area contributed by atoms with E-state index in [-0.39, 0.29) is 18.5 Å². The summed E-state index contributed by atoms with van der Waals surface area (Å²) >= 11 is 0. The fraction of sp³-hybridized carbons (Fsp3) is 0.944. The van der Waals surface area contributed by atoms with Crippen LogP contribution in [0.3, 0.4) is 0 Å². The van der Waals surface area contributed by atoms with E-state index < -0.39 is 12.1 Å². The highest BCUT2D eigenvalue weighted by Crippen LogP contribution is 2.19. The van der Waals surface area contributed by atoms with E-state index >= 15 is 0 Å². The van der Waals surface area contributed by atoms with E-state index in [1.165, 1.54) is 340 Å². The van der Waals surface area contributed by atoms with Gasteiger partial charge in [0.25, 0.3) is 0 Å². The van der Waals surface area contributed by atoms with E-state index in [0.29, 0.717) is 25.9 Å². The molecule has 0 aromatic heterocycles. The fourth-order valence-corrected chi connectivity index (χ4v) is 11.6. The monoisotopic (exact) mass is 1100 g/mol. The van der Waals surface area contributed by atoms with Gasteiger partial charge in [0, 0.05) is 12.8 Å². The lowest BCUT2D eigenvalue weighted by Gasteiger charge is -2.22. The zero-order chi connectivity index (χ0) is 56.4. The maximum atomic E-state index is 12.5. The number of hydrogen-bond donors (Lipinski definition) is 3. The first kappa shape index (κ1) is 76.6. The number of aliphatic hydroxyl groups is 2. The highest BCUT2D eigenvalue weighted by atomic mass is 16.5. The maximum absolute atomic E-state index is 12.5. The summed E-state index contributed by atoms with van der Waals surface area (Å²) < 4.78 is 5.51. The van der Waals surface area contributed by atoms with Crippen LogP contribution in [0.15, 0.2) is 12.2 Å². The zero-order valence-electron chi connectivity index (χ0n) is 53.2. The number of carbonyl (C=O) groups is 2. The summed E-state index contributed by atoms with van der Waals surface area (Å²) in [5, 5.41) is 23.4. The van der Waals surface area contributed by atoms with Gasteiger partial charge in [0.1, 0.15) is 0 Å². The Morgan fingerprint density at radius 2 is 0.603 bits per heavy atom. The normalized spacial score (nSPS) is 12.5. The first-order chi connectivity index (χ1) is 38.5. The largest absolute Gasteiger partial charge is 0.466 e. The van der Waals surface area contributed by atoms with Crippen molar-refractivity contribution in [2.45, 2.75) is 424 Å².